The minimum absolute atomic E-state index is 0. The number of carboxylic acids is 1. The Morgan fingerprint density at radius 2 is 2.21 bits per heavy atom. The molecule has 2 aromatic heterocycles. The number of rotatable bonds is 1. The van der Waals surface area contributed by atoms with E-state index in [0.29, 0.717) is 5.52 Å². The van der Waals surface area contributed by atoms with Crippen molar-refractivity contribution in [1.82, 2.24) is 9.38 Å². The number of aromatic nitrogens is 2. The molecule has 0 aliphatic rings. The standard InChI is InChI=1S/C8H5FN2O2.Na/c9-6-3-1-2-5-4-10-7(8(12)13)11(5)6;/h1-4H,(H,12,13);/q;+1/p-1. The summed E-state index contributed by atoms with van der Waals surface area (Å²) in [5, 5.41) is 10.5. The van der Waals surface area contributed by atoms with Gasteiger partial charge < -0.3 is 9.90 Å². The Morgan fingerprint density at radius 1 is 1.50 bits per heavy atom. The predicted molar refractivity (Wildman–Crippen MR) is 39.5 cm³/mol. The molecule has 0 fully saturated rings. The zero-order chi connectivity index (χ0) is 9.42. The van der Waals surface area contributed by atoms with E-state index in [4.69, 9.17) is 0 Å². The minimum atomic E-state index is -1.50. The molecule has 0 aliphatic carbocycles. The molecule has 0 atom stereocenters. The second-order valence-electron chi connectivity index (χ2n) is 2.48. The summed E-state index contributed by atoms with van der Waals surface area (Å²) in [4.78, 5) is 14.0. The molecule has 0 saturated heterocycles. The second-order valence-corrected chi connectivity index (χ2v) is 2.48. The van der Waals surface area contributed by atoms with Crippen molar-refractivity contribution in [2.45, 2.75) is 0 Å². The average Bonchev–Trinajstić information content (AvgIpc) is 2.49. The zero-order valence-corrected chi connectivity index (χ0v) is 9.40. The molecule has 0 aliphatic heterocycles. The Balaban J connectivity index is 0.000000980. The van der Waals surface area contributed by atoms with Crippen LogP contribution in [0, 0.1) is 5.95 Å². The number of hydrogen-bond donors (Lipinski definition) is 0. The molecule has 14 heavy (non-hydrogen) atoms. The predicted octanol–water partition coefficient (Wildman–Crippen LogP) is -3.16. The van der Waals surface area contributed by atoms with Crippen LogP contribution in [0.3, 0.4) is 0 Å². The van der Waals surface area contributed by atoms with E-state index in [1.807, 2.05) is 0 Å². The maximum absolute atomic E-state index is 13.1. The Bertz CT molecular complexity index is 483. The van der Waals surface area contributed by atoms with E-state index < -0.39 is 17.7 Å². The molecule has 0 saturated carbocycles. The smallest absolute Gasteiger partial charge is 0.542 e. The van der Waals surface area contributed by atoms with E-state index in [-0.39, 0.29) is 29.6 Å². The summed E-state index contributed by atoms with van der Waals surface area (Å²) in [5.41, 5.74) is 0.388. The number of pyridine rings is 1. The van der Waals surface area contributed by atoms with Crippen LogP contribution in [0.15, 0.2) is 24.4 Å². The topological polar surface area (TPSA) is 57.4 Å². The van der Waals surface area contributed by atoms with Gasteiger partial charge in [-0.1, -0.05) is 6.07 Å². The van der Waals surface area contributed by atoms with E-state index in [1.54, 1.807) is 6.07 Å². The first-order valence-corrected chi connectivity index (χ1v) is 3.53. The number of fused-ring (bicyclic) bond motifs is 1. The number of carbonyl (C=O) groups is 1. The number of aromatic carboxylic acids is 1. The SMILES string of the molecule is O=C([O-])c1ncc2cccc(F)n12.[Na+]. The minimum Gasteiger partial charge on any atom is -0.542 e. The third-order valence-electron chi connectivity index (χ3n) is 1.69. The summed E-state index contributed by atoms with van der Waals surface area (Å²) in [7, 11) is 0. The summed E-state index contributed by atoms with van der Waals surface area (Å²) in [5.74, 6) is -2.59. The molecule has 2 aromatic rings. The van der Waals surface area contributed by atoms with Gasteiger partial charge in [0, 0.05) is 0 Å². The van der Waals surface area contributed by atoms with Gasteiger partial charge in [0.05, 0.1) is 11.7 Å². The van der Waals surface area contributed by atoms with Gasteiger partial charge in [-0.15, -0.1) is 0 Å². The molecule has 0 aromatic carbocycles. The van der Waals surface area contributed by atoms with Gasteiger partial charge in [0.15, 0.2) is 11.8 Å². The van der Waals surface area contributed by atoms with E-state index in [0.717, 1.165) is 10.5 Å². The van der Waals surface area contributed by atoms with E-state index in [2.05, 4.69) is 4.98 Å². The molecule has 66 valence electrons. The first-order valence-electron chi connectivity index (χ1n) is 3.53. The fourth-order valence-electron chi connectivity index (χ4n) is 1.15. The van der Waals surface area contributed by atoms with Gasteiger partial charge in [-0.25, -0.2) is 4.98 Å². The molecule has 2 heterocycles. The van der Waals surface area contributed by atoms with Gasteiger partial charge in [0.2, 0.25) is 0 Å². The van der Waals surface area contributed by atoms with Crippen molar-refractivity contribution < 1.29 is 43.8 Å². The van der Waals surface area contributed by atoms with Crippen LogP contribution in [0.4, 0.5) is 4.39 Å². The number of carbonyl (C=O) groups excluding carboxylic acids is 1. The van der Waals surface area contributed by atoms with Gasteiger partial charge in [-0.05, 0) is 12.1 Å². The fourth-order valence-corrected chi connectivity index (χ4v) is 1.15. The number of halogens is 1. The van der Waals surface area contributed by atoms with Crippen molar-refractivity contribution in [3.63, 3.8) is 0 Å². The van der Waals surface area contributed by atoms with Crippen molar-refractivity contribution in [2.75, 3.05) is 0 Å². The maximum Gasteiger partial charge on any atom is 1.00 e. The van der Waals surface area contributed by atoms with Crippen molar-refractivity contribution in [3.05, 3.63) is 36.2 Å². The van der Waals surface area contributed by atoms with Crippen LogP contribution in [0.5, 0.6) is 0 Å². The second kappa shape index (κ2) is 4.08. The quantitative estimate of drug-likeness (QED) is 0.362. The Hall–Kier alpha value is -0.910. The van der Waals surface area contributed by atoms with Crippen molar-refractivity contribution >= 4 is 11.5 Å². The molecule has 4 nitrogen and oxygen atoms in total. The molecule has 0 bridgehead atoms. The molecule has 0 spiro atoms. The maximum atomic E-state index is 13.1. The van der Waals surface area contributed by atoms with Crippen LogP contribution in [-0.2, 0) is 0 Å². The van der Waals surface area contributed by atoms with Crippen LogP contribution < -0.4 is 34.7 Å². The Kier molecular flexibility index (Phi) is 3.25. The van der Waals surface area contributed by atoms with E-state index >= 15 is 0 Å². The molecular formula is C8H4FN2NaO2. The third-order valence-corrected chi connectivity index (χ3v) is 1.69. The summed E-state index contributed by atoms with van der Waals surface area (Å²) in [6.45, 7) is 0. The van der Waals surface area contributed by atoms with Gasteiger partial charge in [0.25, 0.3) is 0 Å². The Morgan fingerprint density at radius 3 is 2.86 bits per heavy atom. The van der Waals surface area contributed by atoms with Crippen LogP contribution in [0.2, 0.25) is 0 Å². The van der Waals surface area contributed by atoms with Crippen LogP contribution in [0.25, 0.3) is 5.52 Å². The molecule has 0 amide bonds. The number of nitrogens with zero attached hydrogens (tertiary/aromatic N) is 2. The van der Waals surface area contributed by atoms with Gasteiger partial charge in [0.1, 0.15) is 5.97 Å². The molecule has 2 rings (SSSR count). The van der Waals surface area contributed by atoms with Crippen molar-refractivity contribution in [2.24, 2.45) is 0 Å². The number of hydrogen-bond acceptors (Lipinski definition) is 3. The third kappa shape index (κ3) is 1.66. The molecular weight excluding hydrogens is 198 g/mol. The fraction of sp³-hybridized carbons (Fsp3) is 0. The monoisotopic (exact) mass is 202 g/mol. The van der Waals surface area contributed by atoms with Crippen LogP contribution in [0.1, 0.15) is 10.6 Å². The zero-order valence-electron chi connectivity index (χ0n) is 7.40. The Labute approximate surface area is 101 Å². The van der Waals surface area contributed by atoms with E-state index in [9.17, 15) is 14.3 Å². The largest absolute Gasteiger partial charge is 1.00 e. The van der Waals surface area contributed by atoms with Crippen molar-refractivity contribution in [3.8, 4) is 0 Å². The van der Waals surface area contributed by atoms with Crippen molar-refractivity contribution in [1.29, 1.82) is 0 Å². The van der Waals surface area contributed by atoms with E-state index in [1.165, 1.54) is 12.3 Å². The number of imidazole rings is 1. The summed E-state index contributed by atoms with van der Waals surface area (Å²) < 4.78 is 14.0. The van der Waals surface area contributed by atoms with Gasteiger partial charge in [-0.3, -0.25) is 4.40 Å². The summed E-state index contributed by atoms with van der Waals surface area (Å²) >= 11 is 0. The molecule has 0 N–H and O–H groups in total. The van der Waals surface area contributed by atoms with Gasteiger partial charge in [-0.2, -0.15) is 4.39 Å². The number of carboxylic acid groups (broad SMARTS) is 1. The molecule has 0 unspecified atom stereocenters. The van der Waals surface area contributed by atoms with Gasteiger partial charge >= 0.3 is 29.6 Å². The summed E-state index contributed by atoms with van der Waals surface area (Å²) in [6.07, 6.45) is 1.27. The normalized spacial score (nSPS) is 9.79. The molecule has 6 heteroatoms. The average molecular weight is 202 g/mol. The first-order chi connectivity index (χ1) is 6.20. The molecule has 0 radical (unpaired) electrons. The first kappa shape index (κ1) is 11.2. The summed E-state index contributed by atoms with van der Waals surface area (Å²) in [6, 6.07) is 4.19. The van der Waals surface area contributed by atoms with Crippen LogP contribution >= 0.6 is 0 Å². The van der Waals surface area contributed by atoms with Crippen LogP contribution in [-0.4, -0.2) is 15.4 Å².